The summed E-state index contributed by atoms with van der Waals surface area (Å²) in [6, 6.07) is 2.25. The van der Waals surface area contributed by atoms with Crippen LogP contribution in [0.15, 0.2) is 18.2 Å². The maximum atomic E-state index is 12.6. The van der Waals surface area contributed by atoms with Gasteiger partial charge < -0.3 is 13.8 Å². The van der Waals surface area contributed by atoms with Gasteiger partial charge in [0.1, 0.15) is 11.4 Å². The number of rotatable bonds is 8. The Hall–Kier alpha value is -1.42. The Morgan fingerprint density at radius 2 is 1.63 bits per heavy atom. The molecule has 6 heteroatoms. The molecule has 0 heterocycles. The molecule has 2 rings (SSSR count). The normalized spacial score (nSPS) is 16.9. The van der Waals surface area contributed by atoms with E-state index in [1.807, 2.05) is 6.08 Å². The molecule has 0 spiro atoms. The third-order valence-electron chi connectivity index (χ3n) is 6.08. The van der Waals surface area contributed by atoms with Crippen molar-refractivity contribution in [1.29, 1.82) is 0 Å². The monoisotopic (exact) mass is 436 g/mol. The van der Waals surface area contributed by atoms with E-state index in [9.17, 15) is 9.36 Å². The summed E-state index contributed by atoms with van der Waals surface area (Å²) in [5.74, 6) is 0.805. The summed E-state index contributed by atoms with van der Waals surface area (Å²) in [5.41, 5.74) is 4.21. The molecule has 0 saturated carbocycles. The summed E-state index contributed by atoms with van der Waals surface area (Å²) >= 11 is 0. The first kappa shape index (κ1) is 24.8. The first-order valence-corrected chi connectivity index (χ1v) is 12.3. The highest BCUT2D eigenvalue weighted by Crippen LogP contribution is 2.51. The molecule has 0 N–H and O–H groups in total. The van der Waals surface area contributed by atoms with E-state index >= 15 is 0 Å². The summed E-state index contributed by atoms with van der Waals surface area (Å²) < 4.78 is 28.3. The Balaban J connectivity index is 2.44. The summed E-state index contributed by atoms with van der Waals surface area (Å²) in [6.07, 6.45) is 7.80. The second kappa shape index (κ2) is 9.80. The molecule has 1 aromatic rings. The van der Waals surface area contributed by atoms with Crippen LogP contribution in [0.5, 0.6) is 5.75 Å². The van der Waals surface area contributed by atoms with Crippen LogP contribution in [0.4, 0.5) is 0 Å². The Morgan fingerprint density at radius 1 is 1.07 bits per heavy atom. The average Bonchev–Trinajstić information content (AvgIpc) is 2.74. The molecule has 30 heavy (non-hydrogen) atoms. The minimum Gasteiger partial charge on any atom is -0.496 e. The molecule has 0 amide bonds. The molecule has 1 aliphatic carbocycles. The van der Waals surface area contributed by atoms with E-state index in [0.717, 1.165) is 25.0 Å². The van der Waals surface area contributed by atoms with Crippen LogP contribution in [0.3, 0.4) is 0 Å². The molecule has 0 bridgehead atoms. The maximum absolute atomic E-state index is 12.6. The number of allylic oxidation sites excluding steroid dienone is 2. The lowest BCUT2D eigenvalue weighted by Gasteiger charge is -2.31. The summed E-state index contributed by atoms with van der Waals surface area (Å²) in [7, 11) is 0.927. The van der Waals surface area contributed by atoms with Crippen molar-refractivity contribution in [1.82, 2.24) is 0 Å². The van der Waals surface area contributed by atoms with Gasteiger partial charge in [-0.25, -0.2) is 0 Å². The van der Waals surface area contributed by atoms with E-state index in [1.54, 1.807) is 14.0 Å². The van der Waals surface area contributed by atoms with Crippen molar-refractivity contribution in [3.05, 3.63) is 40.5 Å². The maximum Gasteiger partial charge on any atom is 0.340 e. The van der Waals surface area contributed by atoms with E-state index in [0.29, 0.717) is 0 Å². The van der Waals surface area contributed by atoms with Crippen molar-refractivity contribution in [3.8, 4) is 5.75 Å². The van der Waals surface area contributed by atoms with Gasteiger partial charge in [-0.2, -0.15) is 0 Å². The van der Waals surface area contributed by atoms with Gasteiger partial charge in [0.15, 0.2) is 5.78 Å². The summed E-state index contributed by atoms with van der Waals surface area (Å²) in [5, 5.41) is 0. The Bertz CT molecular complexity index is 842. The van der Waals surface area contributed by atoms with Crippen molar-refractivity contribution in [2.45, 2.75) is 77.3 Å². The second-order valence-electron chi connectivity index (χ2n) is 9.09. The lowest BCUT2D eigenvalue weighted by Crippen LogP contribution is -2.19. The van der Waals surface area contributed by atoms with Gasteiger partial charge in [0.25, 0.3) is 0 Å². The molecule has 1 aromatic carbocycles. The van der Waals surface area contributed by atoms with Gasteiger partial charge in [-0.05, 0) is 66.7 Å². The van der Waals surface area contributed by atoms with Crippen LogP contribution < -0.4 is 4.74 Å². The predicted octanol–water partition coefficient (Wildman–Crippen LogP) is 5.97. The van der Waals surface area contributed by atoms with Gasteiger partial charge in [-0.3, -0.25) is 9.36 Å². The fraction of sp³-hybridized carbons (Fsp3) is 0.625. The first-order chi connectivity index (χ1) is 14.0. The predicted molar refractivity (Wildman–Crippen MR) is 122 cm³/mol. The molecule has 5 nitrogen and oxygen atoms in total. The zero-order chi connectivity index (χ0) is 22.7. The first-order valence-electron chi connectivity index (χ1n) is 10.7. The summed E-state index contributed by atoms with van der Waals surface area (Å²) in [6.45, 7) is 10.3. The van der Waals surface area contributed by atoms with E-state index in [2.05, 4.69) is 33.8 Å². The molecule has 2 atom stereocenters. The van der Waals surface area contributed by atoms with Crippen LogP contribution in [0.1, 0.15) is 75.6 Å². The third-order valence-corrected chi connectivity index (χ3v) is 8.30. The van der Waals surface area contributed by atoms with Crippen LogP contribution >= 0.6 is 7.60 Å². The molecule has 1 aliphatic rings. The van der Waals surface area contributed by atoms with Gasteiger partial charge in [-0.15, -0.1) is 0 Å². The highest BCUT2D eigenvalue weighted by Gasteiger charge is 2.34. The Kier molecular flexibility index (Phi) is 8.12. The lowest BCUT2D eigenvalue weighted by molar-refractivity contribution is -0.114. The number of hydrogen-bond donors (Lipinski definition) is 0. The van der Waals surface area contributed by atoms with Gasteiger partial charge in [0.05, 0.1) is 7.11 Å². The Labute approximate surface area is 181 Å². The molecule has 0 radical (unpaired) electrons. The molecule has 0 saturated heterocycles. The van der Waals surface area contributed by atoms with Crippen molar-refractivity contribution >= 4 is 13.4 Å². The largest absolute Gasteiger partial charge is 0.496 e. The standard InChI is InChI=1S/C24H37O5P/c1-16(13-14-22(25)17(2)30(26,28-7)29-8)20-15-21(24(3,4)5)23(27-6)19-12-10-9-11-18(19)20/h13-17H,9-12H2,1-8H3/b14-13+. The lowest BCUT2D eigenvalue weighted by atomic mass is 9.76. The van der Waals surface area contributed by atoms with Gasteiger partial charge in [-0.1, -0.05) is 39.8 Å². The topological polar surface area (TPSA) is 61.8 Å². The van der Waals surface area contributed by atoms with Gasteiger partial charge >= 0.3 is 7.60 Å². The quantitative estimate of drug-likeness (QED) is 0.371. The average molecular weight is 437 g/mol. The van der Waals surface area contributed by atoms with Gasteiger partial charge in [0, 0.05) is 19.8 Å². The number of methoxy groups -OCH3 is 1. The van der Waals surface area contributed by atoms with Crippen LogP contribution in [0.2, 0.25) is 0 Å². The minimum absolute atomic E-state index is 0.0458. The van der Waals surface area contributed by atoms with Gasteiger partial charge in [0.2, 0.25) is 0 Å². The molecule has 0 aromatic heterocycles. The summed E-state index contributed by atoms with van der Waals surface area (Å²) in [4.78, 5) is 12.6. The SMILES string of the molecule is COc1c(C(C)(C)C)cc(C(C)/C=C/C(=O)C(C)P(=O)(OC)OC)c2c1CCCC2. The van der Waals surface area contributed by atoms with Crippen LogP contribution in [0, 0.1) is 0 Å². The molecule has 0 fully saturated rings. The van der Waals surface area contributed by atoms with Crippen LogP contribution in [-0.2, 0) is 36.7 Å². The fourth-order valence-corrected chi connectivity index (χ4v) is 5.35. The van der Waals surface area contributed by atoms with E-state index in [4.69, 9.17) is 13.8 Å². The van der Waals surface area contributed by atoms with E-state index in [1.165, 1.54) is 49.0 Å². The number of fused-ring (bicyclic) bond motifs is 1. The number of hydrogen-bond acceptors (Lipinski definition) is 5. The van der Waals surface area contributed by atoms with Crippen molar-refractivity contribution in [3.63, 3.8) is 0 Å². The molecule has 2 unspecified atom stereocenters. The number of carbonyl (C=O) groups is 1. The number of ketones is 1. The Morgan fingerprint density at radius 3 is 2.13 bits per heavy atom. The fourth-order valence-electron chi connectivity index (χ4n) is 4.17. The molecule has 168 valence electrons. The van der Waals surface area contributed by atoms with Crippen molar-refractivity contribution in [2.24, 2.45) is 0 Å². The van der Waals surface area contributed by atoms with E-state index in [-0.39, 0.29) is 17.1 Å². The highest BCUT2D eigenvalue weighted by molar-refractivity contribution is 7.55. The molecular formula is C24H37O5P. The third kappa shape index (κ3) is 5.07. The highest BCUT2D eigenvalue weighted by atomic mass is 31.2. The number of carbonyl (C=O) groups excluding carboxylic acids is 1. The number of benzene rings is 1. The van der Waals surface area contributed by atoms with Crippen molar-refractivity contribution in [2.75, 3.05) is 21.3 Å². The minimum atomic E-state index is -3.44. The van der Waals surface area contributed by atoms with Crippen LogP contribution in [0.25, 0.3) is 0 Å². The van der Waals surface area contributed by atoms with Crippen molar-refractivity contribution < 1.29 is 23.1 Å². The zero-order valence-corrected chi connectivity index (χ0v) is 20.6. The van der Waals surface area contributed by atoms with Crippen LogP contribution in [-0.4, -0.2) is 32.8 Å². The zero-order valence-electron chi connectivity index (χ0n) is 19.7. The second-order valence-corrected chi connectivity index (χ2v) is 11.7. The van der Waals surface area contributed by atoms with E-state index < -0.39 is 13.3 Å². The number of ether oxygens (including phenoxy) is 1. The molecular weight excluding hydrogens is 399 g/mol. The smallest absolute Gasteiger partial charge is 0.340 e. The molecule has 0 aliphatic heterocycles.